The molecule has 0 aliphatic heterocycles. The van der Waals surface area contributed by atoms with E-state index in [0.717, 1.165) is 11.0 Å². The zero-order valence-corrected chi connectivity index (χ0v) is 12.9. The molecule has 25 heavy (non-hydrogen) atoms. The average molecular weight is 328 g/mol. The summed E-state index contributed by atoms with van der Waals surface area (Å²) < 4.78 is 0. The van der Waals surface area contributed by atoms with Crippen molar-refractivity contribution in [3.63, 3.8) is 0 Å². The first-order valence-electron chi connectivity index (χ1n) is 7.55. The fraction of sp³-hybridized carbons (Fsp3) is 0. The van der Waals surface area contributed by atoms with Gasteiger partial charge in [0.1, 0.15) is 5.69 Å². The molecular weight excluding hydrogens is 316 g/mol. The molecule has 7 nitrogen and oxygen atoms in total. The van der Waals surface area contributed by atoms with Crippen molar-refractivity contribution in [1.82, 2.24) is 20.2 Å². The highest BCUT2D eigenvalue weighted by atomic mass is 16.1. The summed E-state index contributed by atoms with van der Waals surface area (Å²) in [5, 5.41) is 18.5. The van der Waals surface area contributed by atoms with E-state index in [9.17, 15) is 4.79 Å². The molecule has 3 N–H and O–H groups in total. The van der Waals surface area contributed by atoms with Crippen LogP contribution < -0.4 is 5.32 Å². The molecule has 0 aliphatic carbocycles. The number of nitrogens with zero attached hydrogens (tertiary/aromatic N) is 3. The molecule has 7 heteroatoms. The Balaban J connectivity index is 1.54. The van der Waals surface area contributed by atoms with Gasteiger partial charge in [0.25, 0.3) is 5.91 Å². The smallest absolute Gasteiger partial charge is 0.256 e. The van der Waals surface area contributed by atoms with Crippen molar-refractivity contribution in [3.8, 4) is 17.6 Å². The molecule has 0 fully saturated rings. The summed E-state index contributed by atoms with van der Waals surface area (Å²) in [5.74, 6) is 0.740. The molecule has 0 aliphatic rings. The molecule has 0 spiro atoms. The molecule has 120 valence electrons. The largest absolute Gasteiger partial charge is 0.337 e. The molecule has 4 rings (SSSR count). The van der Waals surface area contributed by atoms with Gasteiger partial charge in [-0.1, -0.05) is 12.1 Å². The predicted octanol–water partition coefficient (Wildman–Crippen LogP) is 3.08. The highest BCUT2D eigenvalue weighted by Crippen LogP contribution is 2.20. The summed E-state index contributed by atoms with van der Waals surface area (Å²) in [6.07, 6.45) is 0. The molecule has 4 aromatic rings. The zero-order valence-electron chi connectivity index (χ0n) is 12.9. The number of aromatic amines is 2. The number of H-pyrrole nitrogens is 2. The van der Waals surface area contributed by atoms with Crippen molar-refractivity contribution in [3.05, 3.63) is 65.7 Å². The minimum absolute atomic E-state index is 0.299. The molecular formula is C18H12N6O. The van der Waals surface area contributed by atoms with Gasteiger partial charge in [-0.2, -0.15) is 10.4 Å². The first kappa shape index (κ1) is 14.7. The van der Waals surface area contributed by atoms with Gasteiger partial charge in [-0.25, -0.2) is 4.98 Å². The van der Waals surface area contributed by atoms with Crippen LogP contribution in [0.2, 0.25) is 0 Å². The number of nitriles is 1. The van der Waals surface area contributed by atoms with Crippen molar-refractivity contribution in [2.75, 3.05) is 5.32 Å². The Morgan fingerprint density at radius 2 is 1.92 bits per heavy atom. The summed E-state index contributed by atoms with van der Waals surface area (Å²) >= 11 is 0. The second kappa shape index (κ2) is 5.94. The van der Waals surface area contributed by atoms with E-state index in [1.807, 2.05) is 30.3 Å². The Hall–Kier alpha value is -3.92. The highest BCUT2D eigenvalue weighted by Gasteiger charge is 2.11. The molecule has 0 bridgehead atoms. The lowest BCUT2D eigenvalue weighted by Gasteiger charge is -2.01. The minimum atomic E-state index is -0.299. The van der Waals surface area contributed by atoms with E-state index in [0.29, 0.717) is 28.5 Å². The third kappa shape index (κ3) is 2.84. The van der Waals surface area contributed by atoms with Crippen LogP contribution >= 0.6 is 0 Å². The molecule has 0 atom stereocenters. The van der Waals surface area contributed by atoms with Crippen LogP contribution in [0.1, 0.15) is 15.9 Å². The van der Waals surface area contributed by atoms with Crippen LogP contribution in [-0.4, -0.2) is 26.1 Å². The number of amides is 1. The fourth-order valence-corrected chi connectivity index (χ4v) is 2.47. The van der Waals surface area contributed by atoms with Gasteiger partial charge in [-0.05, 0) is 36.4 Å². The number of benzene rings is 2. The third-order valence-corrected chi connectivity index (χ3v) is 3.74. The van der Waals surface area contributed by atoms with Crippen molar-refractivity contribution >= 4 is 22.8 Å². The third-order valence-electron chi connectivity index (χ3n) is 3.74. The number of anilines is 1. The SMILES string of the molecule is N#Cc1ccc(C(=O)Nc2cc(-c3nc4ccccc4[nH]3)[nH]n2)cc1. The minimum Gasteiger partial charge on any atom is -0.337 e. The average Bonchev–Trinajstić information content (AvgIpc) is 3.28. The van der Waals surface area contributed by atoms with E-state index in [1.165, 1.54) is 0 Å². The molecule has 0 saturated heterocycles. The number of para-hydroxylation sites is 2. The van der Waals surface area contributed by atoms with Crippen molar-refractivity contribution in [1.29, 1.82) is 5.26 Å². The number of nitrogens with one attached hydrogen (secondary N) is 3. The van der Waals surface area contributed by atoms with Gasteiger partial charge in [0.2, 0.25) is 0 Å². The van der Waals surface area contributed by atoms with Gasteiger partial charge in [0.15, 0.2) is 11.6 Å². The van der Waals surface area contributed by atoms with E-state index in [4.69, 9.17) is 5.26 Å². The summed E-state index contributed by atoms with van der Waals surface area (Å²) in [5.41, 5.74) is 3.41. The lowest BCUT2D eigenvalue weighted by atomic mass is 10.1. The van der Waals surface area contributed by atoms with Gasteiger partial charge >= 0.3 is 0 Å². The number of rotatable bonds is 3. The summed E-state index contributed by atoms with van der Waals surface area (Å²) in [4.78, 5) is 19.9. The Kier molecular flexibility index (Phi) is 3.48. The maximum absolute atomic E-state index is 12.2. The molecule has 0 radical (unpaired) electrons. The molecule has 2 aromatic heterocycles. The quantitative estimate of drug-likeness (QED) is 0.536. The van der Waals surface area contributed by atoms with Crippen LogP contribution in [0.5, 0.6) is 0 Å². The Morgan fingerprint density at radius 3 is 2.68 bits per heavy atom. The van der Waals surface area contributed by atoms with Crippen LogP contribution in [0.3, 0.4) is 0 Å². The normalized spacial score (nSPS) is 10.5. The maximum Gasteiger partial charge on any atom is 0.256 e. The first-order valence-corrected chi connectivity index (χ1v) is 7.55. The van der Waals surface area contributed by atoms with E-state index in [2.05, 4.69) is 25.5 Å². The van der Waals surface area contributed by atoms with Gasteiger partial charge in [0.05, 0.1) is 22.7 Å². The van der Waals surface area contributed by atoms with E-state index in [-0.39, 0.29) is 5.91 Å². The van der Waals surface area contributed by atoms with Gasteiger partial charge in [0, 0.05) is 11.6 Å². The van der Waals surface area contributed by atoms with E-state index < -0.39 is 0 Å². The zero-order chi connectivity index (χ0) is 17.2. The fourth-order valence-electron chi connectivity index (χ4n) is 2.47. The molecule has 2 aromatic carbocycles. The summed E-state index contributed by atoms with van der Waals surface area (Å²) in [6.45, 7) is 0. The van der Waals surface area contributed by atoms with Crippen LogP contribution in [-0.2, 0) is 0 Å². The Labute approximate surface area is 142 Å². The second-order valence-corrected chi connectivity index (χ2v) is 5.41. The lowest BCUT2D eigenvalue weighted by Crippen LogP contribution is -2.11. The number of aromatic nitrogens is 4. The Bertz CT molecular complexity index is 1070. The topological polar surface area (TPSA) is 110 Å². The van der Waals surface area contributed by atoms with Crippen molar-refractivity contribution in [2.24, 2.45) is 0 Å². The second-order valence-electron chi connectivity index (χ2n) is 5.41. The van der Waals surface area contributed by atoms with Crippen LogP contribution in [0.4, 0.5) is 5.82 Å². The number of carbonyl (C=O) groups excluding carboxylic acids is 1. The first-order chi connectivity index (χ1) is 12.2. The van der Waals surface area contributed by atoms with Crippen molar-refractivity contribution in [2.45, 2.75) is 0 Å². The predicted molar refractivity (Wildman–Crippen MR) is 92.8 cm³/mol. The van der Waals surface area contributed by atoms with Gasteiger partial charge in [-0.3, -0.25) is 9.89 Å². The van der Waals surface area contributed by atoms with E-state index >= 15 is 0 Å². The molecule has 2 heterocycles. The van der Waals surface area contributed by atoms with Gasteiger partial charge < -0.3 is 10.3 Å². The monoisotopic (exact) mass is 328 g/mol. The summed E-state index contributed by atoms with van der Waals surface area (Å²) in [7, 11) is 0. The van der Waals surface area contributed by atoms with Gasteiger partial charge in [-0.15, -0.1) is 0 Å². The number of hydrogen-bond acceptors (Lipinski definition) is 4. The van der Waals surface area contributed by atoms with Crippen LogP contribution in [0.15, 0.2) is 54.6 Å². The van der Waals surface area contributed by atoms with E-state index in [1.54, 1.807) is 30.3 Å². The number of hydrogen-bond donors (Lipinski definition) is 3. The van der Waals surface area contributed by atoms with Crippen LogP contribution in [0, 0.1) is 11.3 Å². The molecule has 0 saturated carbocycles. The number of imidazole rings is 1. The maximum atomic E-state index is 12.2. The molecule has 1 amide bonds. The lowest BCUT2D eigenvalue weighted by molar-refractivity contribution is 0.102. The Morgan fingerprint density at radius 1 is 1.12 bits per heavy atom. The van der Waals surface area contributed by atoms with Crippen LogP contribution in [0.25, 0.3) is 22.6 Å². The number of carbonyl (C=O) groups is 1. The standard InChI is InChI=1S/C18H12N6O/c19-10-11-5-7-12(8-6-11)18(25)22-16-9-15(23-24-16)17-20-13-3-1-2-4-14(13)21-17/h1-9H,(H,20,21)(H2,22,23,24,25). The highest BCUT2D eigenvalue weighted by molar-refractivity contribution is 6.04. The molecule has 0 unspecified atom stereocenters. The summed E-state index contributed by atoms with van der Waals surface area (Å²) in [6, 6.07) is 17.8. The number of fused-ring (bicyclic) bond motifs is 1. The van der Waals surface area contributed by atoms with Crippen molar-refractivity contribution < 1.29 is 4.79 Å².